The van der Waals surface area contributed by atoms with E-state index in [2.05, 4.69) is 4.74 Å². The summed E-state index contributed by atoms with van der Waals surface area (Å²) in [6.07, 6.45) is -20.8. The van der Waals surface area contributed by atoms with Gasteiger partial charge in [0, 0.05) is 6.04 Å². The number of halogens is 9. The normalized spacial score (nSPS) is 21.9. The summed E-state index contributed by atoms with van der Waals surface area (Å²) < 4.78 is 115. The van der Waals surface area contributed by atoms with Crippen LogP contribution in [0.1, 0.15) is 25.7 Å². The standard InChI is InChI=1S/C12H10F9NO4/c13-10(14,15)7(23)22(8(24)11(16,17)18)5-1-3-6(4-2-5)26-9(25)12(19,20)21/h5-6H,1-4H2. The molecule has 1 rings (SSSR count). The summed E-state index contributed by atoms with van der Waals surface area (Å²) >= 11 is 0. The van der Waals surface area contributed by atoms with E-state index >= 15 is 0 Å². The van der Waals surface area contributed by atoms with E-state index in [4.69, 9.17) is 0 Å². The van der Waals surface area contributed by atoms with Crippen molar-refractivity contribution in [3.63, 3.8) is 0 Å². The van der Waals surface area contributed by atoms with Gasteiger partial charge in [0.25, 0.3) is 0 Å². The largest absolute Gasteiger partial charge is 0.490 e. The number of alkyl halides is 9. The average molecular weight is 403 g/mol. The van der Waals surface area contributed by atoms with Crippen LogP contribution in [0.15, 0.2) is 0 Å². The second-order valence-electron chi connectivity index (χ2n) is 5.31. The molecule has 0 saturated heterocycles. The molecular formula is C12H10F9NO4. The molecule has 0 radical (unpaired) electrons. The van der Waals surface area contributed by atoms with Crippen molar-refractivity contribution in [2.24, 2.45) is 0 Å². The summed E-state index contributed by atoms with van der Waals surface area (Å²) in [5, 5.41) is 0. The second kappa shape index (κ2) is 7.31. The second-order valence-corrected chi connectivity index (χ2v) is 5.31. The van der Waals surface area contributed by atoms with Crippen LogP contribution in [0.5, 0.6) is 0 Å². The van der Waals surface area contributed by atoms with Crippen LogP contribution in [0.25, 0.3) is 0 Å². The van der Waals surface area contributed by atoms with E-state index in [0.29, 0.717) is 0 Å². The molecule has 26 heavy (non-hydrogen) atoms. The number of carbonyl (C=O) groups excluding carboxylic acids is 3. The number of rotatable bonds is 2. The zero-order chi connectivity index (χ0) is 20.5. The predicted octanol–water partition coefficient (Wildman–Crippen LogP) is 2.88. The van der Waals surface area contributed by atoms with Crippen molar-refractivity contribution in [1.82, 2.24) is 4.90 Å². The van der Waals surface area contributed by atoms with Crippen LogP contribution in [-0.2, 0) is 19.1 Å². The Bertz CT molecular complexity index is 533. The third-order valence-electron chi connectivity index (χ3n) is 3.44. The number of hydrogen-bond acceptors (Lipinski definition) is 4. The number of ether oxygens (including phenoxy) is 1. The first-order chi connectivity index (χ1) is 11.5. The molecule has 0 aromatic carbocycles. The van der Waals surface area contributed by atoms with E-state index in [1.54, 1.807) is 0 Å². The molecule has 150 valence electrons. The number of carbonyl (C=O) groups is 3. The molecule has 0 atom stereocenters. The minimum Gasteiger partial charge on any atom is -0.456 e. The Morgan fingerprint density at radius 3 is 1.38 bits per heavy atom. The van der Waals surface area contributed by atoms with Crippen LogP contribution in [0.2, 0.25) is 0 Å². The minimum absolute atomic E-state index is 0.556. The van der Waals surface area contributed by atoms with Gasteiger partial charge in [-0.1, -0.05) is 0 Å². The maximum atomic E-state index is 12.5. The first kappa shape index (κ1) is 22.0. The van der Waals surface area contributed by atoms with E-state index in [1.807, 2.05) is 0 Å². The number of esters is 1. The Balaban J connectivity index is 2.88. The van der Waals surface area contributed by atoms with Crippen LogP contribution >= 0.6 is 0 Å². The van der Waals surface area contributed by atoms with Crippen LogP contribution in [-0.4, -0.2) is 53.4 Å². The highest BCUT2D eigenvalue weighted by Crippen LogP contribution is 2.33. The Morgan fingerprint density at radius 1 is 0.692 bits per heavy atom. The Hall–Kier alpha value is -2.02. The van der Waals surface area contributed by atoms with E-state index < -0.39 is 79.0 Å². The molecule has 0 aromatic rings. The quantitative estimate of drug-likeness (QED) is 0.526. The fraction of sp³-hybridized carbons (Fsp3) is 0.750. The van der Waals surface area contributed by atoms with Gasteiger partial charge in [-0.3, -0.25) is 14.5 Å². The first-order valence-corrected chi connectivity index (χ1v) is 6.84. The lowest BCUT2D eigenvalue weighted by Gasteiger charge is -2.35. The molecule has 1 saturated carbocycles. The lowest BCUT2D eigenvalue weighted by Crippen LogP contribution is -2.55. The van der Waals surface area contributed by atoms with Crippen molar-refractivity contribution >= 4 is 17.8 Å². The van der Waals surface area contributed by atoms with Crippen LogP contribution < -0.4 is 0 Å². The smallest absolute Gasteiger partial charge is 0.456 e. The Labute approximate surface area is 139 Å². The van der Waals surface area contributed by atoms with Gasteiger partial charge in [-0.15, -0.1) is 0 Å². The summed E-state index contributed by atoms with van der Waals surface area (Å²) in [6, 6.07) is -1.85. The van der Waals surface area contributed by atoms with Crippen molar-refractivity contribution in [3.05, 3.63) is 0 Å². The summed E-state index contributed by atoms with van der Waals surface area (Å²) in [6.45, 7) is 0. The molecule has 0 aliphatic heterocycles. The lowest BCUT2D eigenvalue weighted by molar-refractivity contribution is -0.211. The fourth-order valence-corrected chi connectivity index (χ4v) is 2.34. The number of amides is 2. The highest BCUT2D eigenvalue weighted by atomic mass is 19.4. The molecule has 0 spiro atoms. The zero-order valence-electron chi connectivity index (χ0n) is 12.5. The highest BCUT2D eigenvalue weighted by Gasteiger charge is 2.54. The SMILES string of the molecule is O=C(OC1CCC(N(C(=O)C(F)(F)F)C(=O)C(F)(F)F)CC1)C(F)(F)F. The molecule has 0 aromatic heterocycles. The number of hydrogen-bond donors (Lipinski definition) is 0. The Kier molecular flexibility index (Phi) is 6.19. The molecule has 1 fully saturated rings. The molecule has 0 bridgehead atoms. The van der Waals surface area contributed by atoms with Crippen molar-refractivity contribution in [1.29, 1.82) is 0 Å². The van der Waals surface area contributed by atoms with Gasteiger partial charge in [0.15, 0.2) is 0 Å². The molecule has 0 N–H and O–H groups in total. The van der Waals surface area contributed by atoms with Gasteiger partial charge in [-0.25, -0.2) is 4.79 Å². The van der Waals surface area contributed by atoms with Gasteiger partial charge in [-0.05, 0) is 25.7 Å². The van der Waals surface area contributed by atoms with Gasteiger partial charge in [0.05, 0.1) is 0 Å². The van der Waals surface area contributed by atoms with Gasteiger partial charge >= 0.3 is 36.3 Å². The molecule has 5 nitrogen and oxygen atoms in total. The van der Waals surface area contributed by atoms with Crippen LogP contribution in [0, 0.1) is 0 Å². The number of imide groups is 1. The van der Waals surface area contributed by atoms with Crippen molar-refractivity contribution in [2.45, 2.75) is 56.4 Å². The van der Waals surface area contributed by atoms with Gasteiger partial charge < -0.3 is 4.74 Å². The predicted molar refractivity (Wildman–Crippen MR) is 62.2 cm³/mol. The summed E-state index contributed by atoms with van der Waals surface area (Å²) in [7, 11) is 0. The fourth-order valence-electron chi connectivity index (χ4n) is 2.34. The molecule has 2 amide bonds. The third-order valence-corrected chi connectivity index (χ3v) is 3.44. The first-order valence-electron chi connectivity index (χ1n) is 6.84. The lowest BCUT2D eigenvalue weighted by atomic mass is 9.91. The summed E-state index contributed by atoms with van der Waals surface area (Å²) in [4.78, 5) is 32.1. The highest BCUT2D eigenvalue weighted by molar-refractivity contribution is 6.00. The minimum atomic E-state index is -5.76. The molecule has 14 heteroatoms. The van der Waals surface area contributed by atoms with Gasteiger partial charge in [0.2, 0.25) is 0 Å². The molecule has 0 unspecified atom stereocenters. The van der Waals surface area contributed by atoms with E-state index in [9.17, 15) is 53.9 Å². The van der Waals surface area contributed by atoms with Gasteiger partial charge in [0.1, 0.15) is 6.10 Å². The molecule has 1 aliphatic rings. The average Bonchev–Trinajstić information content (AvgIpc) is 2.46. The van der Waals surface area contributed by atoms with E-state index in [0.717, 1.165) is 0 Å². The summed E-state index contributed by atoms with van der Waals surface area (Å²) in [5.41, 5.74) is 0. The van der Waals surface area contributed by atoms with Gasteiger partial charge in [-0.2, -0.15) is 39.5 Å². The molecule has 1 aliphatic carbocycles. The van der Waals surface area contributed by atoms with Crippen molar-refractivity contribution < 1.29 is 58.6 Å². The van der Waals surface area contributed by atoms with E-state index in [-0.39, 0.29) is 0 Å². The zero-order valence-corrected chi connectivity index (χ0v) is 12.5. The third kappa shape index (κ3) is 5.49. The molecular weight excluding hydrogens is 393 g/mol. The van der Waals surface area contributed by atoms with E-state index in [1.165, 1.54) is 0 Å². The summed E-state index contributed by atoms with van der Waals surface area (Å²) in [5.74, 6) is -8.62. The maximum absolute atomic E-state index is 12.5. The van der Waals surface area contributed by atoms with Crippen LogP contribution in [0.4, 0.5) is 39.5 Å². The molecule has 0 heterocycles. The topological polar surface area (TPSA) is 63.7 Å². The van der Waals surface area contributed by atoms with Crippen molar-refractivity contribution in [2.75, 3.05) is 0 Å². The monoisotopic (exact) mass is 403 g/mol. The Morgan fingerprint density at radius 2 is 1.08 bits per heavy atom. The van der Waals surface area contributed by atoms with Crippen LogP contribution in [0.3, 0.4) is 0 Å². The van der Waals surface area contributed by atoms with Crippen molar-refractivity contribution in [3.8, 4) is 0 Å². The number of nitrogens with zero attached hydrogens (tertiary/aromatic N) is 1. The maximum Gasteiger partial charge on any atom is 0.490 e.